The molecule has 158 valence electrons. The lowest BCUT2D eigenvalue weighted by molar-refractivity contribution is 0.0956. The molecule has 2 N–H and O–H groups in total. The topological polar surface area (TPSA) is 119 Å². The van der Waals surface area contributed by atoms with E-state index >= 15 is 0 Å². The van der Waals surface area contributed by atoms with E-state index in [0.29, 0.717) is 11.3 Å². The molecule has 2 rings (SSSR count). The average Bonchev–Trinajstić information content (AvgIpc) is 2.68. The third-order valence-corrected chi connectivity index (χ3v) is 7.44. The molecule has 2 aromatic carbocycles. The van der Waals surface area contributed by atoms with Gasteiger partial charge in [-0.3, -0.25) is 9.52 Å². The van der Waals surface area contributed by atoms with Crippen LogP contribution in [0.3, 0.4) is 0 Å². The molecular weight excluding hydrogens is 416 g/mol. The van der Waals surface area contributed by atoms with Gasteiger partial charge in [-0.15, -0.1) is 0 Å². The molecule has 10 heteroatoms. The van der Waals surface area contributed by atoms with Crippen molar-refractivity contribution < 1.29 is 26.4 Å². The maximum atomic E-state index is 12.9. The Morgan fingerprint density at radius 3 is 2.41 bits per heavy atom. The first kappa shape index (κ1) is 22.7. The Morgan fingerprint density at radius 1 is 1.07 bits per heavy atom. The van der Waals surface area contributed by atoms with Gasteiger partial charge in [-0.1, -0.05) is 25.1 Å². The zero-order valence-corrected chi connectivity index (χ0v) is 18.1. The summed E-state index contributed by atoms with van der Waals surface area (Å²) in [7, 11) is -5.76. The van der Waals surface area contributed by atoms with Crippen LogP contribution in [-0.4, -0.2) is 47.9 Å². The van der Waals surface area contributed by atoms with Gasteiger partial charge in [0.15, 0.2) is 9.84 Å². The summed E-state index contributed by atoms with van der Waals surface area (Å²) >= 11 is 0. The maximum absolute atomic E-state index is 12.9. The highest BCUT2D eigenvalue weighted by Crippen LogP contribution is 2.27. The third kappa shape index (κ3) is 5.94. The van der Waals surface area contributed by atoms with Crippen LogP contribution in [0.5, 0.6) is 5.75 Å². The molecule has 2 aromatic rings. The number of carbonyl (C=O) groups excluding carboxylic acids is 1. The Morgan fingerprint density at radius 2 is 1.76 bits per heavy atom. The number of nitrogens with one attached hydrogen (secondary N) is 2. The fraction of sp³-hybridized carbons (Fsp3) is 0.316. The van der Waals surface area contributed by atoms with Crippen molar-refractivity contribution in [1.82, 2.24) is 5.32 Å². The lowest BCUT2D eigenvalue weighted by atomic mass is 10.1. The number of rotatable bonds is 9. The molecule has 1 amide bonds. The van der Waals surface area contributed by atoms with Crippen molar-refractivity contribution in [3.63, 3.8) is 0 Å². The molecule has 0 radical (unpaired) electrons. The summed E-state index contributed by atoms with van der Waals surface area (Å²) in [4.78, 5) is 12.3. The molecule has 8 nitrogen and oxygen atoms in total. The number of aryl methyl sites for hydroxylation is 1. The number of amides is 1. The van der Waals surface area contributed by atoms with Gasteiger partial charge in [-0.05, 0) is 36.8 Å². The number of para-hydroxylation sites is 2. The summed E-state index contributed by atoms with van der Waals surface area (Å²) < 4.78 is 56.4. The minimum atomic E-state index is -3.99. The molecule has 0 aromatic heterocycles. The second-order valence-corrected chi connectivity index (χ2v) is 10.4. The van der Waals surface area contributed by atoms with Gasteiger partial charge in [0.25, 0.3) is 15.9 Å². The molecule has 0 saturated heterocycles. The number of sulfonamides is 1. The Kier molecular flexibility index (Phi) is 7.26. The summed E-state index contributed by atoms with van der Waals surface area (Å²) in [6.07, 6.45) is 0. The van der Waals surface area contributed by atoms with Crippen LogP contribution in [-0.2, 0) is 19.9 Å². The van der Waals surface area contributed by atoms with Gasteiger partial charge < -0.3 is 10.1 Å². The van der Waals surface area contributed by atoms with E-state index in [-0.39, 0.29) is 34.2 Å². The van der Waals surface area contributed by atoms with E-state index in [2.05, 4.69) is 10.0 Å². The van der Waals surface area contributed by atoms with Crippen LogP contribution in [0.4, 0.5) is 5.69 Å². The quantitative estimate of drug-likeness (QED) is 0.615. The van der Waals surface area contributed by atoms with E-state index in [1.54, 1.807) is 31.2 Å². The number of carbonyl (C=O) groups is 1. The van der Waals surface area contributed by atoms with Crippen LogP contribution in [0.2, 0.25) is 0 Å². The zero-order valence-electron chi connectivity index (χ0n) is 16.4. The summed E-state index contributed by atoms with van der Waals surface area (Å²) in [6, 6.07) is 10.8. The minimum absolute atomic E-state index is 0.00951. The number of benzene rings is 2. The van der Waals surface area contributed by atoms with Crippen LogP contribution in [0, 0.1) is 6.92 Å². The summed E-state index contributed by atoms with van der Waals surface area (Å²) in [5, 5.41) is 2.50. The molecule has 0 aliphatic carbocycles. The van der Waals surface area contributed by atoms with Gasteiger partial charge in [-0.2, -0.15) is 0 Å². The monoisotopic (exact) mass is 440 g/mol. The molecule has 0 atom stereocenters. The number of anilines is 1. The van der Waals surface area contributed by atoms with Crippen molar-refractivity contribution in [1.29, 1.82) is 0 Å². The number of hydrogen-bond acceptors (Lipinski definition) is 6. The van der Waals surface area contributed by atoms with E-state index in [0.717, 1.165) is 0 Å². The number of ether oxygens (including phenoxy) is 1. The number of sulfone groups is 1. The maximum Gasteiger partial charge on any atom is 0.262 e. The molecular formula is C19H24N2O6S2. The van der Waals surface area contributed by atoms with E-state index < -0.39 is 25.8 Å². The van der Waals surface area contributed by atoms with Crippen LogP contribution in [0.1, 0.15) is 22.8 Å². The first-order valence-electron chi connectivity index (χ1n) is 8.84. The van der Waals surface area contributed by atoms with Crippen molar-refractivity contribution >= 4 is 31.5 Å². The smallest absolute Gasteiger partial charge is 0.262 e. The molecule has 0 saturated carbocycles. The standard InChI is InChI=1S/C19H24N2O6S2/c1-4-28(23,24)12-11-20-19(22)15-10-9-14(2)18(13-15)29(25,26)21-16-7-5-6-8-17(16)27-3/h5-10,13,21H,4,11-12H2,1-3H3,(H,20,22). The first-order valence-corrected chi connectivity index (χ1v) is 12.1. The largest absolute Gasteiger partial charge is 0.495 e. The molecule has 0 bridgehead atoms. The highest BCUT2D eigenvalue weighted by Gasteiger charge is 2.21. The van der Waals surface area contributed by atoms with Crippen LogP contribution in [0.25, 0.3) is 0 Å². The van der Waals surface area contributed by atoms with Gasteiger partial charge in [0.2, 0.25) is 0 Å². The van der Waals surface area contributed by atoms with Gasteiger partial charge >= 0.3 is 0 Å². The fourth-order valence-corrected chi connectivity index (χ4v) is 4.57. The van der Waals surface area contributed by atoms with Crippen molar-refractivity contribution in [2.24, 2.45) is 0 Å². The van der Waals surface area contributed by atoms with E-state index in [4.69, 9.17) is 4.74 Å². The Labute approximate surface area is 171 Å². The molecule has 0 aliphatic heterocycles. The van der Waals surface area contributed by atoms with Gasteiger partial charge in [0.1, 0.15) is 5.75 Å². The Bertz CT molecular complexity index is 1100. The Balaban J connectivity index is 2.24. The molecule has 0 aliphatic rings. The van der Waals surface area contributed by atoms with Crippen molar-refractivity contribution in [3.05, 3.63) is 53.6 Å². The second kappa shape index (κ2) is 9.27. The molecule has 0 unspecified atom stereocenters. The van der Waals surface area contributed by atoms with E-state index in [1.165, 1.54) is 32.2 Å². The third-order valence-electron chi connectivity index (χ3n) is 4.23. The normalized spacial score (nSPS) is 11.7. The SMILES string of the molecule is CCS(=O)(=O)CCNC(=O)c1ccc(C)c(S(=O)(=O)Nc2ccccc2OC)c1. The molecule has 29 heavy (non-hydrogen) atoms. The van der Waals surface area contributed by atoms with Crippen LogP contribution in [0.15, 0.2) is 47.4 Å². The Hall–Kier alpha value is -2.59. The van der Waals surface area contributed by atoms with E-state index in [1.807, 2.05) is 0 Å². The van der Waals surface area contributed by atoms with Gasteiger partial charge in [0.05, 0.1) is 23.4 Å². The number of hydrogen-bond donors (Lipinski definition) is 2. The zero-order chi connectivity index (χ0) is 21.7. The average molecular weight is 441 g/mol. The number of methoxy groups -OCH3 is 1. The van der Waals surface area contributed by atoms with Crippen LogP contribution >= 0.6 is 0 Å². The van der Waals surface area contributed by atoms with Crippen LogP contribution < -0.4 is 14.8 Å². The fourth-order valence-electron chi connectivity index (χ4n) is 2.53. The predicted octanol–water partition coefficient (Wildman–Crippen LogP) is 1.97. The minimum Gasteiger partial charge on any atom is -0.495 e. The summed E-state index contributed by atoms with van der Waals surface area (Å²) in [6.45, 7) is 3.10. The lowest BCUT2D eigenvalue weighted by Gasteiger charge is -2.14. The highest BCUT2D eigenvalue weighted by molar-refractivity contribution is 7.92. The van der Waals surface area contributed by atoms with Gasteiger partial charge in [0, 0.05) is 17.9 Å². The summed E-state index contributed by atoms with van der Waals surface area (Å²) in [5.74, 6) is -0.378. The van der Waals surface area contributed by atoms with Crippen molar-refractivity contribution in [2.75, 3.05) is 29.9 Å². The van der Waals surface area contributed by atoms with E-state index in [9.17, 15) is 21.6 Å². The highest BCUT2D eigenvalue weighted by atomic mass is 32.2. The van der Waals surface area contributed by atoms with Crippen molar-refractivity contribution in [3.8, 4) is 5.75 Å². The van der Waals surface area contributed by atoms with Gasteiger partial charge in [-0.25, -0.2) is 16.8 Å². The molecule has 0 spiro atoms. The first-order chi connectivity index (χ1) is 13.6. The lowest BCUT2D eigenvalue weighted by Crippen LogP contribution is -2.29. The predicted molar refractivity (Wildman–Crippen MR) is 112 cm³/mol. The van der Waals surface area contributed by atoms with Crippen molar-refractivity contribution in [2.45, 2.75) is 18.7 Å². The summed E-state index contributed by atoms with van der Waals surface area (Å²) in [5.41, 5.74) is 0.844. The second-order valence-electron chi connectivity index (χ2n) is 6.28. The molecule has 0 heterocycles. The molecule has 0 fully saturated rings.